The van der Waals surface area contributed by atoms with Gasteiger partial charge >= 0.3 is 0 Å². The van der Waals surface area contributed by atoms with E-state index in [1.54, 1.807) is 18.4 Å². The predicted molar refractivity (Wildman–Crippen MR) is 81.0 cm³/mol. The van der Waals surface area contributed by atoms with Crippen LogP contribution in [0.4, 0.5) is 5.13 Å². The van der Waals surface area contributed by atoms with Crippen LogP contribution in [0.25, 0.3) is 0 Å². The highest BCUT2D eigenvalue weighted by Crippen LogP contribution is 2.22. The van der Waals surface area contributed by atoms with Gasteiger partial charge in [0.2, 0.25) is 0 Å². The molecule has 0 bridgehead atoms. The number of imidazole rings is 1. The molecule has 2 heterocycles. The van der Waals surface area contributed by atoms with E-state index in [1.807, 2.05) is 37.3 Å². The molecule has 0 atom stereocenters. The van der Waals surface area contributed by atoms with E-state index in [2.05, 4.69) is 20.2 Å². The molecule has 1 N–H and O–H groups in total. The predicted octanol–water partition coefficient (Wildman–Crippen LogP) is 1.25. The monoisotopic (exact) mass is 295 g/mol. The van der Waals surface area contributed by atoms with Crippen molar-refractivity contribution in [2.75, 3.05) is 32.2 Å². The van der Waals surface area contributed by atoms with E-state index < -0.39 is 0 Å². The Morgan fingerprint density at radius 2 is 2.30 bits per heavy atom. The maximum Gasteiger partial charge on any atom is 0.185 e. The average Bonchev–Trinajstić information content (AvgIpc) is 3.05. The lowest BCUT2D eigenvalue weighted by Crippen LogP contribution is -2.18. The number of aromatic nitrogens is 3. The molecule has 7 heteroatoms. The lowest BCUT2D eigenvalue weighted by molar-refractivity contribution is 0.199. The number of ether oxygens (including phenoxy) is 1. The fourth-order valence-electron chi connectivity index (χ4n) is 1.77. The maximum atomic E-state index is 5.00. The van der Waals surface area contributed by atoms with Gasteiger partial charge in [-0.1, -0.05) is 0 Å². The molecule has 0 aromatic carbocycles. The van der Waals surface area contributed by atoms with E-state index in [1.165, 1.54) is 4.88 Å². The van der Waals surface area contributed by atoms with Gasteiger partial charge in [-0.3, -0.25) is 0 Å². The molecule has 0 aliphatic carbocycles. The molecular weight excluding hydrogens is 274 g/mol. The second-order valence-corrected chi connectivity index (χ2v) is 5.68. The topological polar surface area (TPSA) is 55.2 Å². The van der Waals surface area contributed by atoms with Crippen LogP contribution in [-0.4, -0.2) is 41.8 Å². The molecule has 2 aromatic rings. The van der Waals surface area contributed by atoms with Gasteiger partial charge < -0.3 is 19.5 Å². The zero-order valence-electron chi connectivity index (χ0n) is 12.2. The fraction of sp³-hybridized carbons (Fsp3) is 0.538. The van der Waals surface area contributed by atoms with Crippen molar-refractivity contribution in [3.8, 4) is 0 Å². The number of hydrogen-bond acceptors (Lipinski definition) is 6. The number of aryl methyl sites for hydroxylation is 1. The number of anilines is 1. The highest BCUT2D eigenvalue weighted by Gasteiger charge is 2.09. The Hall–Kier alpha value is -1.44. The van der Waals surface area contributed by atoms with Gasteiger partial charge in [0, 0.05) is 57.8 Å². The molecule has 20 heavy (non-hydrogen) atoms. The molecule has 0 spiro atoms. The first kappa shape index (κ1) is 15.0. The van der Waals surface area contributed by atoms with Crippen LogP contribution in [-0.2, 0) is 24.9 Å². The molecule has 0 unspecified atom stereocenters. The third-order valence-electron chi connectivity index (χ3n) is 2.95. The first-order valence-corrected chi connectivity index (χ1v) is 7.34. The van der Waals surface area contributed by atoms with Crippen molar-refractivity contribution in [2.45, 2.75) is 13.1 Å². The van der Waals surface area contributed by atoms with Crippen LogP contribution in [0.3, 0.4) is 0 Å². The first-order chi connectivity index (χ1) is 9.70. The molecular formula is C13H21N5OS. The lowest BCUT2D eigenvalue weighted by Gasteiger charge is -2.15. The minimum absolute atomic E-state index is 0.727. The van der Waals surface area contributed by atoms with Gasteiger partial charge in [-0.05, 0) is 0 Å². The zero-order valence-corrected chi connectivity index (χ0v) is 13.0. The summed E-state index contributed by atoms with van der Waals surface area (Å²) in [6.45, 7) is 3.17. The summed E-state index contributed by atoms with van der Waals surface area (Å²) in [5.74, 6) is 1.03. The van der Waals surface area contributed by atoms with Gasteiger partial charge in [0.05, 0.1) is 13.2 Å². The molecule has 0 aliphatic heterocycles. The van der Waals surface area contributed by atoms with Crippen LogP contribution in [0.2, 0.25) is 0 Å². The summed E-state index contributed by atoms with van der Waals surface area (Å²) in [6.07, 6.45) is 5.70. The first-order valence-electron chi connectivity index (χ1n) is 6.52. The maximum absolute atomic E-state index is 5.00. The van der Waals surface area contributed by atoms with Gasteiger partial charge in [0.15, 0.2) is 5.13 Å². The van der Waals surface area contributed by atoms with E-state index in [9.17, 15) is 0 Å². The van der Waals surface area contributed by atoms with E-state index in [0.29, 0.717) is 0 Å². The number of methoxy groups -OCH3 is 1. The highest BCUT2D eigenvalue weighted by molar-refractivity contribution is 7.15. The van der Waals surface area contributed by atoms with E-state index in [4.69, 9.17) is 4.74 Å². The number of rotatable bonds is 8. The van der Waals surface area contributed by atoms with Crippen molar-refractivity contribution in [3.63, 3.8) is 0 Å². The highest BCUT2D eigenvalue weighted by atomic mass is 32.1. The van der Waals surface area contributed by atoms with Crippen LogP contribution in [0.1, 0.15) is 10.7 Å². The molecule has 2 rings (SSSR count). The van der Waals surface area contributed by atoms with Crippen molar-refractivity contribution in [1.82, 2.24) is 19.9 Å². The van der Waals surface area contributed by atoms with Crippen molar-refractivity contribution >= 4 is 16.5 Å². The summed E-state index contributed by atoms with van der Waals surface area (Å²) >= 11 is 1.70. The minimum atomic E-state index is 0.727. The molecule has 0 amide bonds. The van der Waals surface area contributed by atoms with E-state index in [-0.39, 0.29) is 0 Å². The normalized spacial score (nSPS) is 10.9. The molecule has 0 saturated carbocycles. The number of thiazole rings is 1. The van der Waals surface area contributed by atoms with Crippen LogP contribution >= 0.6 is 11.3 Å². The fourth-order valence-corrected chi connectivity index (χ4v) is 2.61. The Kier molecular flexibility index (Phi) is 5.51. The summed E-state index contributed by atoms with van der Waals surface area (Å²) in [7, 11) is 5.75. The summed E-state index contributed by atoms with van der Waals surface area (Å²) in [4.78, 5) is 12.1. The standard InChI is InChI=1S/C13H21N5OS/c1-17-6-4-15-12(17)10-18(2)13-16-9-11(20-13)8-14-5-7-19-3/h4,6,9,14H,5,7-8,10H2,1-3H3. The van der Waals surface area contributed by atoms with Crippen molar-refractivity contribution in [3.05, 3.63) is 29.3 Å². The number of nitrogens with one attached hydrogen (secondary N) is 1. The average molecular weight is 295 g/mol. The quantitative estimate of drug-likeness (QED) is 0.743. The van der Waals surface area contributed by atoms with E-state index in [0.717, 1.165) is 37.2 Å². The van der Waals surface area contributed by atoms with Crippen molar-refractivity contribution in [2.24, 2.45) is 7.05 Å². The summed E-state index contributed by atoms with van der Waals surface area (Å²) in [5, 5.41) is 4.33. The minimum Gasteiger partial charge on any atom is -0.383 e. The van der Waals surface area contributed by atoms with Crippen molar-refractivity contribution < 1.29 is 4.74 Å². The van der Waals surface area contributed by atoms with Crippen LogP contribution < -0.4 is 10.2 Å². The molecule has 6 nitrogen and oxygen atoms in total. The van der Waals surface area contributed by atoms with E-state index >= 15 is 0 Å². The SMILES string of the molecule is COCCNCc1cnc(N(C)Cc2nccn2C)s1. The molecule has 0 saturated heterocycles. The Labute approximate surface area is 123 Å². The summed E-state index contributed by atoms with van der Waals surface area (Å²) in [5.41, 5.74) is 0. The Morgan fingerprint density at radius 1 is 1.45 bits per heavy atom. The van der Waals surface area contributed by atoms with Crippen molar-refractivity contribution in [1.29, 1.82) is 0 Å². The number of nitrogens with zero attached hydrogens (tertiary/aromatic N) is 4. The van der Waals surface area contributed by atoms with Crippen LogP contribution in [0, 0.1) is 0 Å². The zero-order chi connectivity index (χ0) is 14.4. The lowest BCUT2D eigenvalue weighted by atomic mass is 10.5. The largest absolute Gasteiger partial charge is 0.383 e. The van der Waals surface area contributed by atoms with Gasteiger partial charge in [-0.15, -0.1) is 11.3 Å². The van der Waals surface area contributed by atoms with Gasteiger partial charge in [0.1, 0.15) is 5.82 Å². The third-order valence-corrected chi connectivity index (χ3v) is 4.06. The molecule has 2 aromatic heterocycles. The molecule has 0 radical (unpaired) electrons. The van der Waals surface area contributed by atoms with Gasteiger partial charge in [-0.2, -0.15) is 0 Å². The van der Waals surface area contributed by atoms with Crippen LogP contribution in [0.15, 0.2) is 18.6 Å². The smallest absolute Gasteiger partial charge is 0.185 e. The Bertz CT molecular complexity index is 524. The van der Waals surface area contributed by atoms with Gasteiger partial charge in [0.25, 0.3) is 0 Å². The third kappa shape index (κ3) is 4.03. The Balaban J connectivity index is 1.86. The molecule has 110 valence electrons. The Morgan fingerprint density at radius 3 is 3.00 bits per heavy atom. The molecule has 0 aliphatic rings. The van der Waals surface area contributed by atoms with Gasteiger partial charge in [-0.25, -0.2) is 9.97 Å². The number of hydrogen-bond donors (Lipinski definition) is 1. The van der Waals surface area contributed by atoms with Crippen LogP contribution in [0.5, 0.6) is 0 Å². The second-order valence-electron chi connectivity index (χ2n) is 4.59. The molecule has 0 fully saturated rings. The summed E-state index contributed by atoms with van der Waals surface area (Å²) < 4.78 is 7.03. The second kappa shape index (κ2) is 7.37. The summed E-state index contributed by atoms with van der Waals surface area (Å²) in [6, 6.07) is 0.